The van der Waals surface area contributed by atoms with E-state index >= 15 is 0 Å². The molecule has 142 valence electrons. The molecule has 0 radical (unpaired) electrons. The number of oxazole rings is 1. The Bertz CT molecular complexity index is 972. The van der Waals surface area contributed by atoms with Crippen LogP contribution in [0.2, 0.25) is 0 Å². The van der Waals surface area contributed by atoms with Crippen LogP contribution in [0, 0.1) is 0 Å². The van der Waals surface area contributed by atoms with Crippen LogP contribution in [0.15, 0.2) is 56.1 Å². The highest BCUT2D eigenvalue weighted by Crippen LogP contribution is 2.23. The maximum absolute atomic E-state index is 12.2. The third-order valence-corrected chi connectivity index (χ3v) is 5.36. The zero-order chi connectivity index (χ0) is 18.8. The van der Waals surface area contributed by atoms with Gasteiger partial charge in [0.25, 0.3) is 0 Å². The lowest BCUT2D eigenvalue weighted by atomic mass is 10.1. The minimum Gasteiger partial charge on any atom is -0.497 e. The van der Waals surface area contributed by atoms with Crippen molar-refractivity contribution in [1.82, 2.24) is 9.47 Å². The Balaban J connectivity index is 1.37. The van der Waals surface area contributed by atoms with Crippen molar-refractivity contribution < 1.29 is 13.9 Å². The summed E-state index contributed by atoms with van der Waals surface area (Å²) < 4.78 is 19.2. The molecule has 1 aliphatic heterocycles. The van der Waals surface area contributed by atoms with Gasteiger partial charge in [-0.1, -0.05) is 15.9 Å². The summed E-state index contributed by atoms with van der Waals surface area (Å²) >= 11 is 3.40. The van der Waals surface area contributed by atoms with Gasteiger partial charge >= 0.3 is 5.76 Å². The van der Waals surface area contributed by atoms with Crippen molar-refractivity contribution in [2.45, 2.75) is 25.6 Å². The van der Waals surface area contributed by atoms with Gasteiger partial charge in [0.05, 0.1) is 19.3 Å². The molecule has 0 saturated carbocycles. The van der Waals surface area contributed by atoms with Crippen molar-refractivity contribution in [3.8, 4) is 11.5 Å². The average molecular weight is 433 g/mol. The smallest absolute Gasteiger partial charge is 0.421 e. The van der Waals surface area contributed by atoms with Crippen molar-refractivity contribution >= 4 is 27.0 Å². The number of benzene rings is 2. The predicted octanol–water partition coefficient (Wildman–Crippen LogP) is 3.87. The monoisotopic (exact) mass is 432 g/mol. The van der Waals surface area contributed by atoms with Crippen LogP contribution < -0.4 is 15.2 Å². The van der Waals surface area contributed by atoms with Crippen molar-refractivity contribution in [2.24, 2.45) is 0 Å². The van der Waals surface area contributed by atoms with E-state index in [-0.39, 0.29) is 11.9 Å². The highest BCUT2D eigenvalue weighted by molar-refractivity contribution is 9.10. The van der Waals surface area contributed by atoms with Gasteiger partial charge in [-0.05, 0) is 55.3 Å². The number of hydrogen-bond donors (Lipinski definition) is 0. The van der Waals surface area contributed by atoms with Gasteiger partial charge in [-0.2, -0.15) is 0 Å². The number of halogens is 1. The number of likely N-dealkylation sites (tertiary alicyclic amines) is 1. The van der Waals surface area contributed by atoms with E-state index < -0.39 is 0 Å². The number of fused-ring (bicyclic) bond motifs is 1. The maximum Gasteiger partial charge on any atom is 0.421 e. The number of aromatic nitrogens is 1. The molecule has 1 aromatic heterocycles. The Hall–Kier alpha value is -2.25. The summed E-state index contributed by atoms with van der Waals surface area (Å²) in [6, 6.07) is 13.3. The Morgan fingerprint density at radius 3 is 2.52 bits per heavy atom. The van der Waals surface area contributed by atoms with E-state index in [2.05, 4.69) is 20.8 Å². The zero-order valence-corrected chi connectivity index (χ0v) is 16.6. The molecule has 27 heavy (non-hydrogen) atoms. The van der Waals surface area contributed by atoms with Gasteiger partial charge in [0, 0.05) is 17.6 Å². The third-order valence-electron chi connectivity index (χ3n) is 4.87. The second-order valence-electron chi connectivity index (χ2n) is 6.66. The van der Waals surface area contributed by atoms with Gasteiger partial charge in [-0.3, -0.25) is 9.47 Å². The molecular weight excluding hydrogens is 412 g/mol. The van der Waals surface area contributed by atoms with E-state index in [0.29, 0.717) is 12.3 Å². The molecule has 0 unspecified atom stereocenters. The maximum atomic E-state index is 12.2. The number of piperidine rings is 1. The molecule has 0 N–H and O–H groups in total. The molecule has 1 fully saturated rings. The topological polar surface area (TPSA) is 56.8 Å². The summed E-state index contributed by atoms with van der Waals surface area (Å²) in [5, 5.41) is 0. The minimum absolute atomic E-state index is 0.184. The van der Waals surface area contributed by atoms with Crippen LogP contribution in [0.25, 0.3) is 11.1 Å². The molecule has 3 aromatic rings. The summed E-state index contributed by atoms with van der Waals surface area (Å²) in [5.41, 5.74) is 1.42. The van der Waals surface area contributed by atoms with Crippen molar-refractivity contribution in [3.05, 3.63) is 57.5 Å². The van der Waals surface area contributed by atoms with E-state index in [0.717, 1.165) is 47.4 Å². The first-order valence-corrected chi connectivity index (χ1v) is 9.73. The molecule has 0 bridgehead atoms. The Labute approximate surface area is 165 Å². The van der Waals surface area contributed by atoms with Crippen molar-refractivity contribution in [2.75, 3.05) is 20.2 Å². The lowest BCUT2D eigenvalue weighted by Crippen LogP contribution is -2.40. The van der Waals surface area contributed by atoms with Crippen LogP contribution in [-0.4, -0.2) is 35.8 Å². The highest BCUT2D eigenvalue weighted by Gasteiger charge is 2.22. The lowest BCUT2D eigenvalue weighted by molar-refractivity contribution is 0.0828. The summed E-state index contributed by atoms with van der Waals surface area (Å²) in [6.45, 7) is 2.27. The minimum atomic E-state index is -0.320. The van der Waals surface area contributed by atoms with Gasteiger partial charge < -0.3 is 13.9 Å². The Morgan fingerprint density at radius 1 is 1.11 bits per heavy atom. The van der Waals surface area contributed by atoms with Crippen molar-refractivity contribution in [3.63, 3.8) is 0 Å². The molecule has 0 amide bonds. The summed E-state index contributed by atoms with van der Waals surface area (Å²) in [4.78, 5) is 14.5. The van der Waals surface area contributed by atoms with Gasteiger partial charge in [0.2, 0.25) is 0 Å². The summed E-state index contributed by atoms with van der Waals surface area (Å²) in [6.07, 6.45) is 2.02. The highest BCUT2D eigenvalue weighted by atomic mass is 79.9. The van der Waals surface area contributed by atoms with E-state index in [9.17, 15) is 4.79 Å². The molecule has 2 heterocycles. The first-order chi connectivity index (χ1) is 13.1. The van der Waals surface area contributed by atoms with Gasteiger partial charge in [-0.25, -0.2) is 4.79 Å². The molecule has 1 saturated heterocycles. The van der Waals surface area contributed by atoms with Gasteiger partial charge in [0.1, 0.15) is 17.6 Å². The van der Waals surface area contributed by atoms with Crippen molar-refractivity contribution in [1.29, 1.82) is 0 Å². The molecule has 0 spiro atoms. The van der Waals surface area contributed by atoms with E-state index in [1.807, 2.05) is 42.5 Å². The van der Waals surface area contributed by atoms with E-state index in [4.69, 9.17) is 13.9 Å². The normalized spacial score (nSPS) is 15.9. The molecule has 7 heteroatoms. The molecule has 2 aromatic carbocycles. The number of methoxy groups -OCH3 is 1. The summed E-state index contributed by atoms with van der Waals surface area (Å²) in [5.74, 6) is 1.36. The first-order valence-electron chi connectivity index (χ1n) is 8.94. The number of nitrogens with zero attached hydrogens (tertiary/aromatic N) is 2. The lowest BCUT2D eigenvalue weighted by Gasteiger charge is -2.32. The molecule has 1 aliphatic rings. The fraction of sp³-hybridized carbons (Fsp3) is 0.350. The van der Waals surface area contributed by atoms with Crippen LogP contribution in [-0.2, 0) is 6.67 Å². The zero-order valence-electron chi connectivity index (χ0n) is 15.1. The number of ether oxygens (including phenoxy) is 2. The third kappa shape index (κ3) is 4.04. The van der Waals surface area contributed by atoms with Crippen LogP contribution in [0.5, 0.6) is 11.5 Å². The number of rotatable bonds is 5. The fourth-order valence-electron chi connectivity index (χ4n) is 3.39. The largest absolute Gasteiger partial charge is 0.497 e. The second kappa shape index (κ2) is 7.78. The number of hydrogen-bond acceptors (Lipinski definition) is 5. The second-order valence-corrected chi connectivity index (χ2v) is 7.58. The van der Waals surface area contributed by atoms with Gasteiger partial charge in [-0.15, -0.1) is 0 Å². The molecule has 0 aliphatic carbocycles. The van der Waals surface area contributed by atoms with Crippen LogP contribution in [0.4, 0.5) is 0 Å². The van der Waals surface area contributed by atoms with Crippen LogP contribution in [0.1, 0.15) is 12.8 Å². The molecule has 4 rings (SSSR count). The van der Waals surface area contributed by atoms with E-state index in [1.165, 1.54) is 0 Å². The Morgan fingerprint density at radius 2 is 1.81 bits per heavy atom. The molecule has 0 atom stereocenters. The SMILES string of the molecule is COc1ccc(OC2CCN(Cn3c(=O)oc4cc(Br)ccc43)CC2)cc1. The quantitative estimate of drug-likeness (QED) is 0.612. The van der Waals surface area contributed by atoms with Crippen LogP contribution in [0.3, 0.4) is 0 Å². The molecular formula is C20H21BrN2O4. The summed E-state index contributed by atoms with van der Waals surface area (Å²) in [7, 11) is 1.65. The standard InChI is InChI=1S/C20H21BrN2O4/c1-25-15-3-5-16(6-4-15)26-17-8-10-22(11-9-17)13-23-18-7-2-14(21)12-19(18)27-20(23)24/h2-7,12,17H,8-11,13H2,1H3. The van der Waals surface area contributed by atoms with E-state index in [1.54, 1.807) is 11.7 Å². The predicted molar refractivity (Wildman–Crippen MR) is 106 cm³/mol. The Kier molecular flexibility index (Phi) is 5.22. The van der Waals surface area contributed by atoms with Gasteiger partial charge in [0.15, 0.2) is 5.58 Å². The first kappa shape index (κ1) is 18.1. The fourth-order valence-corrected chi connectivity index (χ4v) is 3.73. The average Bonchev–Trinajstić information content (AvgIpc) is 2.98. The molecule has 6 nitrogen and oxygen atoms in total. The van der Waals surface area contributed by atoms with Crippen LogP contribution >= 0.6 is 15.9 Å².